The summed E-state index contributed by atoms with van der Waals surface area (Å²) in [5.41, 5.74) is -0.266. The third-order valence-electron chi connectivity index (χ3n) is 1.48. The summed E-state index contributed by atoms with van der Waals surface area (Å²) >= 11 is 0. The fourth-order valence-corrected chi connectivity index (χ4v) is 0.852. The number of carbonyl (C=O) groups excluding carboxylic acids is 1. The maximum absolute atomic E-state index is 11.1. The van der Waals surface area contributed by atoms with Crippen molar-refractivity contribution in [2.24, 2.45) is 0 Å². The van der Waals surface area contributed by atoms with E-state index in [1.165, 1.54) is 26.2 Å². The molecule has 64 valence electrons. The summed E-state index contributed by atoms with van der Waals surface area (Å²) in [4.78, 5) is 24.3. The quantitative estimate of drug-likeness (QED) is 0.655. The summed E-state index contributed by atoms with van der Waals surface area (Å²) in [6.07, 6.45) is 0. The van der Waals surface area contributed by atoms with E-state index in [0.717, 1.165) is 0 Å². The van der Waals surface area contributed by atoms with Gasteiger partial charge in [0.1, 0.15) is 0 Å². The second kappa shape index (κ2) is 3.21. The summed E-state index contributed by atoms with van der Waals surface area (Å²) in [7, 11) is 1.44. The van der Waals surface area contributed by atoms with Crippen LogP contribution in [0.25, 0.3) is 0 Å². The first-order chi connectivity index (χ1) is 5.65. The maximum atomic E-state index is 11.1. The summed E-state index contributed by atoms with van der Waals surface area (Å²) in [6, 6.07) is 2.98. The lowest BCUT2D eigenvalue weighted by molar-refractivity contribution is 0.101. The van der Waals surface area contributed by atoms with Crippen molar-refractivity contribution >= 4 is 5.78 Å². The van der Waals surface area contributed by atoms with Crippen LogP contribution in [0.5, 0.6) is 5.88 Å². The van der Waals surface area contributed by atoms with Crippen molar-refractivity contribution in [1.29, 1.82) is 0 Å². The van der Waals surface area contributed by atoms with E-state index in [9.17, 15) is 9.59 Å². The number of Topliss-reactive ketones (excluding diaryl/α,β-unsaturated/α-hetero) is 1. The Kier molecular flexibility index (Phi) is 2.28. The van der Waals surface area contributed by atoms with Crippen molar-refractivity contribution in [2.75, 3.05) is 7.11 Å². The molecule has 0 saturated heterocycles. The van der Waals surface area contributed by atoms with Crippen molar-refractivity contribution in [3.63, 3.8) is 0 Å². The molecule has 4 heteroatoms. The SMILES string of the molecule is COc1ccc(C(C)=O)c(=O)[nH]1. The third kappa shape index (κ3) is 1.53. The zero-order valence-corrected chi connectivity index (χ0v) is 6.88. The molecule has 0 atom stereocenters. The number of hydrogen-bond donors (Lipinski definition) is 1. The van der Waals surface area contributed by atoms with Crippen LogP contribution in [0.4, 0.5) is 0 Å². The molecular weight excluding hydrogens is 158 g/mol. The van der Waals surface area contributed by atoms with Gasteiger partial charge in [-0.3, -0.25) is 14.6 Å². The fraction of sp³-hybridized carbons (Fsp3) is 0.250. The van der Waals surface area contributed by atoms with Crippen molar-refractivity contribution < 1.29 is 9.53 Å². The van der Waals surface area contributed by atoms with Gasteiger partial charge in [0.05, 0.1) is 12.7 Å². The molecule has 1 N–H and O–H groups in total. The van der Waals surface area contributed by atoms with Gasteiger partial charge >= 0.3 is 0 Å². The highest BCUT2D eigenvalue weighted by molar-refractivity contribution is 5.93. The van der Waals surface area contributed by atoms with E-state index in [1.54, 1.807) is 0 Å². The number of nitrogens with one attached hydrogen (secondary N) is 1. The number of pyridine rings is 1. The van der Waals surface area contributed by atoms with Crippen LogP contribution in [0.2, 0.25) is 0 Å². The van der Waals surface area contributed by atoms with Gasteiger partial charge in [-0.2, -0.15) is 0 Å². The van der Waals surface area contributed by atoms with Crippen LogP contribution in [0, 0.1) is 0 Å². The summed E-state index contributed by atoms with van der Waals surface area (Å²) in [5.74, 6) is 0.101. The van der Waals surface area contributed by atoms with Crippen LogP contribution in [0.15, 0.2) is 16.9 Å². The van der Waals surface area contributed by atoms with Crippen LogP contribution >= 0.6 is 0 Å². The molecule has 0 aliphatic heterocycles. The van der Waals surface area contributed by atoms with E-state index in [0.29, 0.717) is 5.88 Å². The van der Waals surface area contributed by atoms with Crippen LogP contribution in [0.1, 0.15) is 17.3 Å². The molecule has 1 aromatic heterocycles. The molecule has 4 nitrogen and oxygen atoms in total. The number of methoxy groups -OCH3 is 1. The van der Waals surface area contributed by atoms with Gasteiger partial charge in [-0.25, -0.2) is 0 Å². The molecule has 0 aliphatic carbocycles. The van der Waals surface area contributed by atoms with Crippen molar-refractivity contribution in [3.05, 3.63) is 28.0 Å². The number of ketones is 1. The van der Waals surface area contributed by atoms with Gasteiger partial charge < -0.3 is 4.74 Å². The second-order valence-electron chi connectivity index (χ2n) is 2.33. The van der Waals surface area contributed by atoms with Gasteiger partial charge in [0, 0.05) is 0 Å². The molecule has 1 rings (SSSR count). The Hall–Kier alpha value is -1.58. The van der Waals surface area contributed by atoms with Gasteiger partial charge in [0.15, 0.2) is 11.7 Å². The highest BCUT2D eigenvalue weighted by Crippen LogP contribution is 2.02. The van der Waals surface area contributed by atoms with Crippen molar-refractivity contribution in [2.45, 2.75) is 6.92 Å². The smallest absolute Gasteiger partial charge is 0.261 e. The van der Waals surface area contributed by atoms with E-state index in [1.807, 2.05) is 0 Å². The van der Waals surface area contributed by atoms with E-state index < -0.39 is 5.56 Å². The zero-order valence-electron chi connectivity index (χ0n) is 6.88. The number of aromatic amines is 1. The van der Waals surface area contributed by atoms with Crippen LogP contribution in [-0.2, 0) is 0 Å². The number of ether oxygens (including phenoxy) is 1. The molecule has 12 heavy (non-hydrogen) atoms. The number of carbonyl (C=O) groups is 1. The van der Waals surface area contributed by atoms with Gasteiger partial charge in [0.25, 0.3) is 5.56 Å². The molecule has 1 aromatic rings. The predicted octanol–water partition coefficient (Wildman–Crippen LogP) is 0.586. The Morgan fingerprint density at radius 2 is 2.17 bits per heavy atom. The molecule has 0 aliphatic rings. The molecule has 0 aromatic carbocycles. The largest absolute Gasteiger partial charge is 0.482 e. The predicted molar refractivity (Wildman–Crippen MR) is 43.6 cm³/mol. The van der Waals surface area contributed by atoms with E-state index in [4.69, 9.17) is 4.74 Å². The van der Waals surface area contributed by atoms with E-state index >= 15 is 0 Å². The Morgan fingerprint density at radius 3 is 2.58 bits per heavy atom. The van der Waals surface area contributed by atoms with Gasteiger partial charge in [0.2, 0.25) is 0 Å². The molecule has 1 heterocycles. The first-order valence-electron chi connectivity index (χ1n) is 3.43. The first kappa shape index (κ1) is 8.52. The lowest BCUT2D eigenvalue weighted by Crippen LogP contribution is -2.15. The molecule has 0 fully saturated rings. The average Bonchev–Trinajstić information content (AvgIpc) is 2.03. The standard InChI is InChI=1S/C8H9NO3/c1-5(10)6-3-4-7(12-2)9-8(6)11/h3-4H,1-2H3,(H,9,11). The maximum Gasteiger partial charge on any atom is 0.261 e. The minimum absolute atomic E-state index is 0.149. The third-order valence-corrected chi connectivity index (χ3v) is 1.48. The zero-order chi connectivity index (χ0) is 9.14. The Labute approximate surface area is 69.2 Å². The second-order valence-corrected chi connectivity index (χ2v) is 2.33. The summed E-state index contributed by atoms with van der Waals surface area (Å²) < 4.78 is 4.76. The highest BCUT2D eigenvalue weighted by atomic mass is 16.5. The summed E-state index contributed by atoms with van der Waals surface area (Å²) in [5, 5.41) is 0. The Bertz CT molecular complexity index is 354. The molecule has 0 radical (unpaired) electrons. The van der Waals surface area contributed by atoms with Crippen molar-refractivity contribution in [3.8, 4) is 5.88 Å². The molecule has 0 spiro atoms. The van der Waals surface area contributed by atoms with E-state index in [-0.39, 0.29) is 11.3 Å². The monoisotopic (exact) mass is 167 g/mol. The number of rotatable bonds is 2. The number of H-pyrrole nitrogens is 1. The van der Waals surface area contributed by atoms with Crippen LogP contribution in [0.3, 0.4) is 0 Å². The average molecular weight is 167 g/mol. The first-order valence-corrected chi connectivity index (χ1v) is 3.43. The van der Waals surface area contributed by atoms with Gasteiger partial charge in [-0.15, -0.1) is 0 Å². The highest BCUT2D eigenvalue weighted by Gasteiger charge is 2.04. The minimum Gasteiger partial charge on any atom is -0.482 e. The normalized spacial score (nSPS) is 9.50. The minimum atomic E-state index is -0.415. The molecule has 0 bridgehead atoms. The topological polar surface area (TPSA) is 59.2 Å². The Balaban J connectivity index is 3.21. The molecule has 0 saturated carbocycles. The lowest BCUT2D eigenvalue weighted by Gasteiger charge is -1.98. The van der Waals surface area contributed by atoms with Crippen molar-refractivity contribution in [1.82, 2.24) is 4.98 Å². The molecule has 0 amide bonds. The lowest BCUT2D eigenvalue weighted by atomic mass is 10.2. The van der Waals surface area contributed by atoms with Crippen LogP contribution in [-0.4, -0.2) is 17.9 Å². The fourth-order valence-electron chi connectivity index (χ4n) is 0.852. The molecule has 0 unspecified atom stereocenters. The molecular formula is C8H9NO3. The Morgan fingerprint density at radius 1 is 1.50 bits per heavy atom. The number of aromatic nitrogens is 1. The number of hydrogen-bond acceptors (Lipinski definition) is 3. The van der Waals surface area contributed by atoms with Crippen LogP contribution < -0.4 is 10.3 Å². The summed E-state index contributed by atoms with van der Waals surface area (Å²) in [6.45, 7) is 1.34. The van der Waals surface area contributed by atoms with Gasteiger partial charge in [-0.1, -0.05) is 0 Å². The van der Waals surface area contributed by atoms with E-state index in [2.05, 4.69) is 4.98 Å². The van der Waals surface area contributed by atoms with Gasteiger partial charge in [-0.05, 0) is 19.1 Å².